The van der Waals surface area contributed by atoms with E-state index in [9.17, 15) is 4.79 Å². The van der Waals surface area contributed by atoms with Gasteiger partial charge in [0.1, 0.15) is 0 Å². The predicted octanol–water partition coefficient (Wildman–Crippen LogP) is 4.55. The van der Waals surface area contributed by atoms with Crippen LogP contribution in [0.1, 0.15) is 23.7 Å². The van der Waals surface area contributed by atoms with E-state index in [4.69, 9.17) is 32.7 Å². The fourth-order valence-electron chi connectivity index (χ4n) is 1.96. The SMILES string of the molecule is CCCOc1c(Cl)cc(C(=O)NNc2cccc(Cl)c2)cc1OC. The number of carbonyl (C=O) groups excluding carboxylic acids is 1. The summed E-state index contributed by atoms with van der Waals surface area (Å²) in [6, 6.07) is 10.1. The molecule has 24 heavy (non-hydrogen) atoms. The van der Waals surface area contributed by atoms with E-state index in [0.29, 0.717) is 39.4 Å². The molecule has 0 saturated heterocycles. The van der Waals surface area contributed by atoms with Crippen molar-refractivity contribution in [3.63, 3.8) is 0 Å². The van der Waals surface area contributed by atoms with Gasteiger partial charge < -0.3 is 9.47 Å². The minimum Gasteiger partial charge on any atom is -0.493 e. The Balaban J connectivity index is 2.12. The first kappa shape index (κ1) is 18.2. The van der Waals surface area contributed by atoms with Gasteiger partial charge in [-0.05, 0) is 36.8 Å². The van der Waals surface area contributed by atoms with Crippen LogP contribution in [-0.4, -0.2) is 19.6 Å². The summed E-state index contributed by atoms with van der Waals surface area (Å²) < 4.78 is 10.8. The van der Waals surface area contributed by atoms with E-state index < -0.39 is 0 Å². The van der Waals surface area contributed by atoms with Gasteiger partial charge in [-0.3, -0.25) is 15.6 Å². The summed E-state index contributed by atoms with van der Waals surface area (Å²) in [5.41, 5.74) is 6.38. The van der Waals surface area contributed by atoms with Crippen molar-refractivity contribution in [2.75, 3.05) is 19.1 Å². The highest BCUT2D eigenvalue weighted by molar-refractivity contribution is 6.32. The van der Waals surface area contributed by atoms with Crippen LogP contribution in [0.4, 0.5) is 5.69 Å². The van der Waals surface area contributed by atoms with Crippen LogP contribution in [0.5, 0.6) is 11.5 Å². The number of amides is 1. The number of halogens is 2. The van der Waals surface area contributed by atoms with Crippen LogP contribution in [0, 0.1) is 0 Å². The normalized spacial score (nSPS) is 10.2. The van der Waals surface area contributed by atoms with Gasteiger partial charge in [-0.1, -0.05) is 36.2 Å². The zero-order valence-corrected chi connectivity index (χ0v) is 14.9. The molecule has 7 heteroatoms. The van der Waals surface area contributed by atoms with E-state index in [2.05, 4.69) is 10.9 Å². The number of nitrogens with one attached hydrogen (secondary N) is 2. The van der Waals surface area contributed by atoms with E-state index in [1.165, 1.54) is 13.2 Å². The highest BCUT2D eigenvalue weighted by Crippen LogP contribution is 2.36. The number of hydrogen-bond acceptors (Lipinski definition) is 4. The molecule has 0 aliphatic heterocycles. The maximum Gasteiger partial charge on any atom is 0.269 e. The third-order valence-electron chi connectivity index (χ3n) is 3.09. The van der Waals surface area contributed by atoms with Gasteiger partial charge in [0.25, 0.3) is 5.91 Å². The summed E-state index contributed by atoms with van der Waals surface area (Å²) in [7, 11) is 1.50. The molecule has 5 nitrogen and oxygen atoms in total. The highest BCUT2D eigenvalue weighted by Gasteiger charge is 2.15. The molecule has 0 aliphatic carbocycles. The summed E-state index contributed by atoms with van der Waals surface area (Å²) in [6.07, 6.45) is 0.839. The molecule has 0 atom stereocenters. The monoisotopic (exact) mass is 368 g/mol. The molecule has 0 unspecified atom stereocenters. The largest absolute Gasteiger partial charge is 0.493 e. The number of anilines is 1. The number of ether oxygens (including phenoxy) is 2. The predicted molar refractivity (Wildman–Crippen MR) is 96.3 cm³/mol. The van der Waals surface area contributed by atoms with E-state index in [1.54, 1.807) is 30.3 Å². The van der Waals surface area contributed by atoms with Gasteiger partial charge in [0, 0.05) is 10.6 Å². The Morgan fingerprint density at radius 3 is 2.67 bits per heavy atom. The second-order valence-corrected chi connectivity index (χ2v) is 5.77. The summed E-state index contributed by atoms with van der Waals surface area (Å²) in [6.45, 7) is 2.50. The van der Waals surface area contributed by atoms with E-state index in [1.807, 2.05) is 6.92 Å². The number of carbonyl (C=O) groups is 1. The molecule has 0 spiro atoms. The molecule has 1 amide bonds. The maximum absolute atomic E-state index is 12.3. The topological polar surface area (TPSA) is 59.6 Å². The Hall–Kier alpha value is -2.11. The van der Waals surface area contributed by atoms with Crippen molar-refractivity contribution in [1.29, 1.82) is 0 Å². The first-order chi connectivity index (χ1) is 11.5. The van der Waals surface area contributed by atoms with Crippen molar-refractivity contribution in [1.82, 2.24) is 5.43 Å². The molecule has 2 aromatic rings. The number of rotatable bonds is 7. The molecule has 0 saturated carbocycles. The molecule has 2 rings (SSSR count). The first-order valence-corrected chi connectivity index (χ1v) is 8.13. The Morgan fingerprint density at radius 2 is 2.00 bits per heavy atom. The van der Waals surface area contributed by atoms with E-state index in [0.717, 1.165) is 6.42 Å². The lowest BCUT2D eigenvalue weighted by Gasteiger charge is -2.14. The van der Waals surface area contributed by atoms with Gasteiger partial charge in [0.2, 0.25) is 0 Å². The van der Waals surface area contributed by atoms with Crippen LogP contribution in [0.2, 0.25) is 10.0 Å². The lowest BCUT2D eigenvalue weighted by Crippen LogP contribution is -2.29. The van der Waals surface area contributed by atoms with Gasteiger partial charge in [0.15, 0.2) is 11.5 Å². The van der Waals surface area contributed by atoms with Crippen LogP contribution in [0.25, 0.3) is 0 Å². The van der Waals surface area contributed by atoms with E-state index >= 15 is 0 Å². The van der Waals surface area contributed by atoms with Crippen molar-refractivity contribution in [3.05, 3.63) is 52.0 Å². The van der Waals surface area contributed by atoms with Gasteiger partial charge in [-0.15, -0.1) is 0 Å². The van der Waals surface area contributed by atoms with Crippen LogP contribution in [0.15, 0.2) is 36.4 Å². The zero-order valence-electron chi connectivity index (χ0n) is 13.4. The second-order valence-electron chi connectivity index (χ2n) is 4.93. The molecule has 0 heterocycles. The highest BCUT2D eigenvalue weighted by atomic mass is 35.5. The van der Waals surface area contributed by atoms with Crippen LogP contribution >= 0.6 is 23.2 Å². The third-order valence-corrected chi connectivity index (χ3v) is 3.60. The summed E-state index contributed by atoms with van der Waals surface area (Å²) in [5, 5.41) is 0.882. The van der Waals surface area contributed by atoms with Crippen molar-refractivity contribution >= 4 is 34.8 Å². The van der Waals surface area contributed by atoms with Gasteiger partial charge >= 0.3 is 0 Å². The lowest BCUT2D eigenvalue weighted by molar-refractivity contribution is 0.0962. The quantitative estimate of drug-likeness (QED) is 0.703. The summed E-state index contributed by atoms with van der Waals surface area (Å²) in [4.78, 5) is 12.3. The molecule has 0 fully saturated rings. The summed E-state index contributed by atoms with van der Waals surface area (Å²) >= 11 is 12.1. The molecular weight excluding hydrogens is 351 g/mol. The Kier molecular flexibility index (Phi) is 6.58. The first-order valence-electron chi connectivity index (χ1n) is 7.37. The average Bonchev–Trinajstić information content (AvgIpc) is 2.58. The standard InChI is InChI=1S/C17H18Cl2N2O3/c1-3-7-24-16-14(19)8-11(9-15(16)23-2)17(22)21-20-13-6-4-5-12(18)10-13/h4-6,8-10,20H,3,7H2,1-2H3,(H,21,22). The number of methoxy groups -OCH3 is 1. The fraction of sp³-hybridized carbons (Fsp3) is 0.235. The average molecular weight is 369 g/mol. The zero-order chi connectivity index (χ0) is 17.5. The molecule has 0 aliphatic rings. The number of hydrazine groups is 1. The number of benzene rings is 2. The fourth-order valence-corrected chi connectivity index (χ4v) is 2.42. The smallest absolute Gasteiger partial charge is 0.269 e. The Bertz CT molecular complexity index is 723. The van der Waals surface area contributed by atoms with Crippen LogP contribution in [0.3, 0.4) is 0 Å². The summed E-state index contributed by atoms with van der Waals surface area (Å²) in [5.74, 6) is 0.474. The van der Waals surface area contributed by atoms with E-state index in [-0.39, 0.29) is 5.91 Å². The number of hydrogen-bond donors (Lipinski definition) is 2. The lowest BCUT2D eigenvalue weighted by atomic mass is 10.2. The maximum atomic E-state index is 12.3. The molecular formula is C17H18Cl2N2O3. The molecule has 128 valence electrons. The van der Waals surface area contributed by atoms with Crippen molar-refractivity contribution in [3.8, 4) is 11.5 Å². The van der Waals surface area contributed by atoms with Crippen molar-refractivity contribution < 1.29 is 14.3 Å². The van der Waals surface area contributed by atoms with Crippen molar-refractivity contribution in [2.24, 2.45) is 0 Å². The molecule has 2 N–H and O–H groups in total. The van der Waals surface area contributed by atoms with Gasteiger partial charge in [0.05, 0.1) is 24.4 Å². The molecule has 0 radical (unpaired) electrons. The molecule has 0 bridgehead atoms. The minimum absolute atomic E-state index is 0.315. The van der Waals surface area contributed by atoms with Crippen molar-refractivity contribution in [2.45, 2.75) is 13.3 Å². The third kappa shape index (κ3) is 4.69. The van der Waals surface area contributed by atoms with Gasteiger partial charge in [-0.25, -0.2) is 0 Å². The van der Waals surface area contributed by atoms with Gasteiger partial charge in [-0.2, -0.15) is 0 Å². The Labute approximate surface area is 150 Å². The minimum atomic E-state index is -0.364. The van der Waals surface area contributed by atoms with Crippen LogP contribution < -0.4 is 20.3 Å². The van der Waals surface area contributed by atoms with Crippen LogP contribution in [-0.2, 0) is 0 Å². The molecule has 0 aromatic heterocycles. The second kappa shape index (κ2) is 8.66. The molecule has 2 aromatic carbocycles. The Morgan fingerprint density at radius 1 is 1.21 bits per heavy atom.